The summed E-state index contributed by atoms with van der Waals surface area (Å²) in [5.41, 5.74) is 4.06. The lowest BCUT2D eigenvalue weighted by atomic mass is 10.0. The molecule has 4 heteroatoms. The first-order valence-corrected chi connectivity index (χ1v) is 6.51. The number of carbonyl (C=O) groups excluding carboxylic acids is 1. The predicted molar refractivity (Wildman–Crippen MR) is 78.0 cm³/mol. The zero-order valence-corrected chi connectivity index (χ0v) is 11.8. The average molecular weight is 259 g/mol. The van der Waals surface area contributed by atoms with Crippen molar-refractivity contribution in [2.45, 2.75) is 13.5 Å². The Kier molecular flexibility index (Phi) is 4.35. The summed E-state index contributed by atoms with van der Waals surface area (Å²) in [6.07, 6.45) is 0. The lowest BCUT2D eigenvalue weighted by Crippen LogP contribution is -2.36. The molecule has 0 saturated carbocycles. The third-order valence-electron chi connectivity index (χ3n) is 3.30. The number of hydrogen-bond acceptors (Lipinski definition) is 3. The fourth-order valence-electron chi connectivity index (χ4n) is 2.01. The molecular weight excluding hydrogens is 238 g/mol. The number of rotatable bonds is 4. The van der Waals surface area contributed by atoms with Gasteiger partial charge in [0.25, 0.3) is 5.91 Å². The molecule has 0 radical (unpaired) electrons. The summed E-state index contributed by atoms with van der Waals surface area (Å²) in [5, 5.41) is 6.17. The first-order valence-electron chi connectivity index (χ1n) is 6.51. The lowest BCUT2D eigenvalue weighted by Gasteiger charge is -2.22. The summed E-state index contributed by atoms with van der Waals surface area (Å²) in [5.74, 6) is 0.00251. The Morgan fingerprint density at radius 3 is 2.58 bits per heavy atom. The molecule has 0 spiro atoms. The summed E-state index contributed by atoms with van der Waals surface area (Å²) < 4.78 is 0. The number of benzene rings is 1. The molecule has 0 aliphatic carbocycles. The molecule has 0 atom stereocenters. The van der Waals surface area contributed by atoms with Crippen molar-refractivity contribution in [1.29, 1.82) is 0 Å². The van der Waals surface area contributed by atoms with Gasteiger partial charge in [0.05, 0.1) is 0 Å². The maximum atomic E-state index is 12.2. The highest BCUT2D eigenvalue weighted by atomic mass is 16.1. The Morgan fingerprint density at radius 2 is 2.00 bits per heavy atom. The van der Waals surface area contributed by atoms with Crippen molar-refractivity contribution in [1.82, 2.24) is 10.2 Å². The van der Waals surface area contributed by atoms with Crippen LogP contribution in [0.1, 0.15) is 12.5 Å². The predicted octanol–water partition coefficient (Wildman–Crippen LogP) is 1.61. The highest BCUT2D eigenvalue weighted by molar-refractivity contribution is 6.04. The zero-order valence-electron chi connectivity index (χ0n) is 11.8. The van der Waals surface area contributed by atoms with E-state index in [4.69, 9.17) is 0 Å². The van der Waals surface area contributed by atoms with E-state index in [0.29, 0.717) is 0 Å². The first-order chi connectivity index (χ1) is 9.08. The number of carbonyl (C=O) groups is 1. The van der Waals surface area contributed by atoms with Crippen LogP contribution in [0.2, 0.25) is 0 Å². The second-order valence-corrected chi connectivity index (χ2v) is 5.18. The summed E-state index contributed by atoms with van der Waals surface area (Å²) in [4.78, 5) is 14.3. The number of para-hydroxylation sites is 1. The van der Waals surface area contributed by atoms with E-state index in [1.54, 1.807) is 0 Å². The Balaban J connectivity index is 2.12. The van der Waals surface area contributed by atoms with Crippen molar-refractivity contribution in [2.75, 3.05) is 32.5 Å². The molecule has 2 N–H and O–H groups in total. The molecule has 1 aliphatic heterocycles. The monoisotopic (exact) mass is 259 g/mol. The molecule has 102 valence electrons. The van der Waals surface area contributed by atoms with Crippen LogP contribution in [0.15, 0.2) is 35.4 Å². The molecule has 1 saturated heterocycles. The summed E-state index contributed by atoms with van der Waals surface area (Å²) in [6, 6.07) is 7.94. The summed E-state index contributed by atoms with van der Waals surface area (Å²) >= 11 is 0. The minimum absolute atomic E-state index is 0.00251. The number of hydrogen-bond donors (Lipinski definition) is 2. The van der Waals surface area contributed by atoms with Crippen LogP contribution in [0.25, 0.3) is 0 Å². The minimum atomic E-state index is 0.00251. The number of nitrogens with zero attached hydrogens (tertiary/aromatic N) is 1. The van der Waals surface area contributed by atoms with E-state index in [1.807, 2.05) is 45.3 Å². The molecule has 0 bridgehead atoms. The molecule has 2 rings (SSSR count). The highest BCUT2D eigenvalue weighted by Crippen LogP contribution is 2.18. The van der Waals surface area contributed by atoms with E-state index in [0.717, 1.165) is 36.5 Å². The van der Waals surface area contributed by atoms with Crippen LogP contribution in [-0.4, -0.2) is 38.0 Å². The van der Waals surface area contributed by atoms with Gasteiger partial charge in [-0.05, 0) is 38.2 Å². The van der Waals surface area contributed by atoms with Crippen LogP contribution in [0, 0.1) is 0 Å². The Morgan fingerprint density at radius 1 is 1.32 bits per heavy atom. The van der Waals surface area contributed by atoms with E-state index < -0.39 is 0 Å². The highest BCUT2D eigenvalue weighted by Gasteiger charge is 2.16. The topological polar surface area (TPSA) is 44.4 Å². The van der Waals surface area contributed by atoms with E-state index >= 15 is 0 Å². The Hall–Kier alpha value is -1.65. The van der Waals surface area contributed by atoms with Crippen LogP contribution in [0.5, 0.6) is 0 Å². The largest absolute Gasteiger partial charge is 0.322 e. The van der Waals surface area contributed by atoms with Crippen molar-refractivity contribution >= 4 is 11.6 Å². The maximum Gasteiger partial charge on any atom is 0.251 e. The normalized spacial score (nSPS) is 14.2. The SMILES string of the molecule is CC(C(=O)Nc1ccccc1CN(C)C)=C1CNC1. The third-order valence-corrected chi connectivity index (χ3v) is 3.30. The molecule has 1 aromatic rings. The van der Waals surface area contributed by atoms with Gasteiger partial charge in [-0.1, -0.05) is 18.2 Å². The third kappa shape index (κ3) is 3.43. The first kappa shape index (κ1) is 13.8. The molecular formula is C15H21N3O. The van der Waals surface area contributed by atoms with Crippen molar-refractivity contribution in [3.8, 4) is 0 Å². The van der Waals surface area contributed by atoms with Gasteiger partial charge in [-0.25, -0.2) is 0 Å². The molecule has 0 unspecified atom stereocenters. The second kappa shape index (κ2) is 5.99. The number of nitrogens with one attached hydrogen (secondary N) is 2. The van der Waals surface area contributed by atoms with E-state index in [1.165, 1.54) is 5.57 Å². The molecule has 19 heavy (non-hydrogen) atoms. The molecule has 4 nitrogen and oxygen atoms in total. The van der Waals surface area contributed by atoms with Gasteiger partial charge in [0.2, 0.25) is 0 Å². The van der Waals surface area contributed by atoms with E-state index in [-0.39, 0.29) is 5.91 Å². The number of anilines is 1. The molecule has 1 fully saturated rings. The molecule has 1 aliphatic rings. The van der Waals surface area contributed by atoms with Gasteiger partial charge in [0, 0.05) is 30.9 Å². The fourth-order valence-corrected chi connectivity index (χ4v) is 2.01. The standard InChI is InChI=1S/C15H21N3O/c1-11(13-8-16-9-13)15(19)17-14-7-5-4-6-12(14)10-18(2)3/h4-7,16H,8-10H2,1-3H3,(H,17,19). The van der Waals surface area contributed by atoms with Crippen molar-refractivity contribution in [3.63, 3.8) is 0 Å². The summed E-state index contributed by atoms with van der Waals surface area (Å²) in [6.45, 7) is 4.37. The zero-order chi connectivity index (χ0) is 13.8. The van der Waals surface area contributed by atoms with Gasteiger partial charge in [-0.2, -0.15) is 0 Å². The minimum Gasteiger partial charge on any atom is -0.322 e. The maximum absolute atomic E-state index is 12.2. The van der Waals surface area contributed by atoms with Gasteiger partial charge in [-0.3, -0.25) is 4.79 Å². The van der Waals surface area contributed by atoms with Crippen LogP contribution >= 0.6 is 0 Å². The van der Waals surface area contributed by atoms with Gasteiger partial charge in [0.1, 0.15) is 0 Å². The van der Waals surface area contributed by atoms with Crippen molar-refractivity contribution < 1.29 is 4.79 Å². The molecule has 1 heterocycles. The molecule has 1 aromatic carbocycles. The quantitative estimate of drug-likeness (QED) is 0.807. The van der Waals surface area contributed by atoms with Gasteiger partial charge in [-0.15, -0.1) is 0 Å². The number of amides is 1. The Bertz CT molecular complexity index is 500. The molecule has 1 amide bonds. The van der Waals surface area contributed by atoms with Crippen molar-refractivity contribution in [3.05, 3.63) is 41.0 Å². The van der Waals surface area contributed by atoms with Crippen LogP contribution in [0.3, 0.4) is 0 Å². The van der Waals surface area contributed by atoms with Gasteiger partial charge >= 0.3 is 0 Å². The molecule has 0 aromatic heterocycles. The van der Waals surface area contributed by atoms with E-state index in [2.05, 4.69) is 15.5 Å². The van der Waals surface area contributed by atoms with Crippen molar-refractivity contribution in [2.24, 2.45) is 0 Å². The van der Waals surface area contributed by atoms with E-state index in [9.17, 15) is 4.79 Å². The van der Waals surface area contributed by atoms with Gasteiger partial charge in [0.15, 0.2) is 0 Å². The van der Waals surface area contributed by atoms with Gasteiger partial charge < -0.3 is 15.5 Å². The second-order valence-electron chi connectivity index (χ2n) is 5.18. The van der Waals surface area contributed by atoms with Crippen LogP contribution in [-0.2, 0) is 11.3 Å². The Labute approximate surface area is 114 Å². The average Bonchev–Trinajstić information content (AvgIpc) is 2.28. The summed E-state index contributed by atoms with van der Waals surface area (Å²) in [7, 11) is 4.04. The fraction of sp³-hybridized carbons (Fsp3) is 0.400. The lowest BCUT2D eigenvalue weighted by molar-refractivity contribution is -0.112. The van der Waals surface area contributed by atoms with Crippen LogP contribution < -0.4 is 10.6 Å². The smallest absolute Gasteiger partial charge is 0.251 e. The van der Waals surface area contributed by atoms with Crippen LogP contribution in [0.4, 0.5) is 5.69 Å².